The highest BCUT2D eigenvalue weighted by Gasteiger charge is 2.29. The summed E-state index contributed by atoms with van der Waals surface area (Å²) < 4.78 is 89.7. The van der Waals surface area contributed by atoms with Crippen LogP contribution in [0.15, 0.2) is 34.1 Å². The molecule has 0 spiro atoms. The molecule has 0 nitrogen and oxygen atoms in total. The van der Waals surface area contributed by atoms with Crippen molar-refractivity contribution in [2.75, 3.05) is 11.5 Å². The van der Waals surface area contributed by atoms with E-state index in [1.165, 1.54) is 19.1 Å². The summed E-state index contributed by atoms with van der Waals surface area (Å²) in [7, 11) is 2.39. The summed E-state index contributed by atoms with van der Waals surface area (Å²) in [5.41, 5.74) is 1.34. The van der Waals surface area contributed by atoms with Gasteiger partial charge in [-0.3, -0.25) is 0 Å². The smallest absolute Gasteiger partial charge is 0.206 e. The van der Waals surface area contributed by atoms with Gasteiger partial charge in [0.05, 0.1) is 11.5 Å². The molecular formula is C18H16F7PS2. The minimum atomic E-state index is -4.37. The molecule has 10 heteroatoms. The zero-order valence-electron chi connectivity index (χ0n) is 14.8. The first-order chi connectivity index (χ1) is 12.8. The minimum Gasteiger partial charge on any atom is -0.206 e. The zero-order valence-corrected chi connectivity index (χ0v) is 17.6. The number of thioether (sulfide) groups is 2. The predicted octanol–water partition coefficient (Wildman–Crippen LogP) is 6.92. The molecule has 0 aliphatic heterocycles. The molecule has 2 rings (SSSR count). The zero-order chi connectivity index (χ0) is 21.3. The van der Waals surface area contributed by atoms with E-state index in [4.69, 9.17) is 0 Å². The van der Waals surface area contributed by atoms with Crippen molar-refractivity contribution >= 4 is 38.1 Å². The molecule has 0 saturated heterocycles. The topological polar surface area (TPSA) is 0 Å². The van der Waals surface area contributed by atoms with Gasteiger partial charge in [-0.2, -0.15) is 26.3 Å². The van der Waals surface area contributed by atoms with Gasteiger partial charge in [0, 0.05) is 15.4 Å². The molecule has 1 atom stereocenters. The highest BCUT2D eigenvalue weighted by atomic mass is 32.2. The Morgan fingerprint density at radius 3 is 1.64 bits per heavy atom. The van der Waals surface area contributed by atoms with Crippen LogP contribution in [0.3, 0.4) is 0 Å². The van der Waals surface area contributed by atoms with Crippen molar-refractivity contribution < 1.29 is 30.7 Å². The fourth-order valence-electron chi connectivity index (χ4n) is 2.43. The van der Waals surface area contributed by atoms with Crippen LogP contribution in [-0.4, -0.2) is 23.9 Å². The SMILES string of the molecule is Cc1cc(F)c(-c2cc(SCC(F)(F)F)c(C)cc2P)cc1SCC(F)(F)F. The van der Waals surface area contributed by atoms with Crippen LogP contribution in [0.25, 0.3) is 11.1 Å². The Labute approximate surface area is 168 Å². The normalized spacial score (nSPS) is 12.5. The average Bonchev–Trinajstić information content (AvgIpc) is 2.52. The lowest BCUT2D eigenvalue weighted by Crippen LogP contribution is -2.11. The summed E-state index contributed by atoms with van der Waals surface area (Å²) in [5.74, 6) is -2.85. The Morgan fingerprint density at radius 2 is 1.18 bits per heavy atom. The van der Waals surface area contributed by atoms with Crippen molar-refractivity contribution in [1.29, 1.82) is 0 Å². The Balaban J connectivity index is 2.45. The first-order valence-corrected chi connectivity index (χ1v) is 10.4. The number of hydrogen-bond donors (Lipinski definition) is 0. The molecule has 0 heterocycles. The summed E-state index contributed by atoms with van der Waals surface area (Å²) in [4.78, 5) is 0.603. The molecule has 2 aromatic rings. The van der Waals surface area contributed by atoms with E-state index in [-0.39, 0.29) is 10.5 Å². The van der Waals surface area contributed by atoms with Crippen LogP contribution in [-0.2, 0) is 0 Å². The maximum Gasteiger partial charge on any atom is 0.398 e. The van der Waals surface area contributed by atoms with Crippen LogP contribution in [0.5, 0.6) is 0 Å². The van der Waals surface area contributed by atoms with Crippen LogP contribution in [0.1, 0.15) is 11.1 Å². The largest absolute Gasteiger partial charge is 0.398 e. The molecule has 154 valence electrons. The maximum absolute atomic E-state index is 14.6. The number of alkyl halides is 6. The minimum absolute atomic E-state index is 0.0501. The van der Waals surface area contributed by atoms with E-state index in [0.29, 0.717) is 50.4 Å². The van der Waals surface area contributed by atoms with Gasteiger partial charge in [-0.1, -0.05) is 6.07 Å². The summed E-state index contributed by atoms with van der Waals surface area (Å²) in [6.07, 6.45) is -8.73. The molecule has 1 unspecified atom stereocenters. The second-order valence-electron chi connectivity index (χ2n) is 6.11. The first-order valence-electron chi connectivity index (χ1n) is 7.86. The lowest BCUT2D eigenvalue weighted by Gasteiger charge is -2.16. The molecule has 0 aromatic heterocycles. The fourth-order valence-corrected chi connectivity index (χ4v) is 4.54. The third-order valence-electron chi connectivity index (χ3n) is 3.68. The molecule has 0 amide bonds. The molecule has 0 N–H and O–H groups in total. The standard InChI is InChI=1S/C18H16F7PS2/c1-9-3-13(19)11(5-15(9)27-7-17(20,21)22)12-6-16(10(2)4-14(12)26)28-8-18(23,24)25/h3-6H,7-8,26H2,1-2H3. The molecule has 28 heavy (non-hydrogen) atoms. The summed E-state index contributed by atoms with van der Waals surface area (Å²) >= 11 is 1.13. The van der Waals surface area contributed by atoms with Crippen molar-refractivity contribution in [3.8, 4) is 11.1 Å². The van der Waals surface area contributed by atoms with Crippen molar-refractivity contribution in [2.45, 2.75) is 36.0 Å². The lowest BCUT2D eigenvalue weighted by molar-refractivity contribution is -0.106. The summed E-state index contributed by atoms with van der Waals surface area (Å²) in [5, 5.41) is 0.545. The van der Waals surface area contributed by atoms with Crippen LogP contribution in [0.4, 0.5) is 30.7 Å². The van der Waals surface area contributed by atoms with Gasteiger partial charge in [0.1, 0.15) is 5.82 Å². The van der Waals surface area contributed by atoms with E-state index in [1.807, 2.05) is 0 Å². The molecule has 0 saturated carbocycles. The van der Waals surface area contributed by atoms with Gasteiger partial charge >= 0.3 is 12.4 Å². The van der Waals surface area contributed by atoms with Crippen LogP contribution in [0, 0.1) is 19.7 Å². The maximum atomic E-state index is 14.6. The highest BCUT2D eigenvalue weighted by Crippen LogP contribution is 2.37. The van der Waals surface area contributed by atoms with Gasteiger partial charge in [-0.25, -0.2) is 4.39 Å². The predicted molar refractivity (Wildman–Crippen MR) is 104 cm³/mol. The van der Waals surface area contributed by atoms with Gasteiger partial charge in [0.25, 0.3) is 0 Å². The number of benzene rings is 2. The first kappa shape index (κ1) is 23.4. The number of halogens is 7. The summed E-state index contributed by atoms with van der Waals surface area (Å²) in [6, 6.07) is 5.51. The van der Waals surface area contributed by atoms with Gasteiger partial charge in [0.15, 0.2) is 0 Å². The molecule has 2 aromatic carbocycles. The molecule has 0 radical (unpaired) electrons. The second kappa shape index (κ2) is 8.84. The van der Waals surface area contributed by atoms with E-state index in [1.54, 1.807) is 13.0 Å². The van der Waals surface area contributed by atoms with Crippen LogP contribution < -0.4 is 5.30 Å². The Morgan fingerprint density at radius 1 is 0.750 bits per heavy atom. The van der Waals surface area contributed by atoms with E-state index in [2.05, 4.69) is 9.24 Å². The second-order valence-corrected chi connectivity index (χ2v) is 8.77. The number of rotatable bonds is 5. The van der Waals surface area contributed by atoms with Gasteiger partial charge in [-0.15, -0.1) is 32.8 Å². The molecule has 0 fully saturated rings. The monoisotopic (exact) mass is 460 g/mol. The van der Waals surface area contributed by atoms with E-state index in [9.17, 15) is 30.7 Å². The number of hydrogen-bond acceptors (Lipinski definition) is 2. The number of aryl methyl sites for hydroxylation is 2. The van der Waals surface area contributed by atoms with Crippen LogP contribution in [0.2, 0.25) is 0 Å². The van der Waals surface area contributed by atoms with Gasteiger partial charge < -0.3 is 0 Å². The van der Waals surface area contributed by atoms with Crippen molar-refractivity contribution in [2.24, 2.45) is 0 Å². The summed E-state index contributed by atoms with van der Waals surface area (Å²) in [6.45, 7) is 3.15. The van der Waals surface area contributed by atoms with E-state index in [0.717, 1.165) is 6.07 Å². The van der Waals surface area contributed by atoms with E-state index >= 15 is 0 Å². The fraction of sp³-hybridized carbons (Fsp3) is 0.333. The Bertz CT molecular complexity index is 789. The third kappa shape index (κ3) is 6.56. The average molecular weight is 460 g/mol. The van der Waals surface area contributed by atoms with E-state index < -0.39 is 29.7 Å². The van der Waals surface area contributed by atoms with Crippen LogP contribution >= 0.6 is 32.8 Å². The van der Waals surface area contributed by atoms with Crippen molar-refractivity contribution in [3.05, 3.63) is 41.2 Å². The molecule has 0 aliphatic carbocycles. The molecular weight excluding hydrogens is 444 g/mol. The van der Waals surface area contributed by atoms with Gasteiger partial charge in [-0.05, 0) is 54.0 Å². The Hall–Kier alpha value is -0.920. The van der Waals surface area contributed by atoms with Gasteiger partial charge in [0.2, 0.25) is 0 Å². The van der Waals surface area contributed by atoms with Crippen molar-refractivity contribution in [3.63, 3.8) is 0 Å². The molecule has 0 aliphatic rings. The molecule has 0 bridgehead atoms. The third-order valence-corrected chi connectivity index (χ3v) is 6.61. The quantitative estimate of drug-likeness (QED) is 0.270. The Kier molecular flexibility index (Phi) is 7.37. The lowest BCUT2D eigenvalue weighted by atomic mass is 10.0. The highest BCUT2D eigenvalue weighted by molar-refractivity contribution is 7.99. The van der Waals surface area contributed by atoms with Crippen molar-refractivity contribution in [1.82, 2.24) is 0 Å².